The number of nitrogens with one attached hydrogen (secondary N) is 1. The highest BCUT2D eigenvalue weighted by atomic mass is 79.9. The number of carbonyl (C=O) groups is 2. The summed E-state index contributed by atoms with van der Waals surface area (Å²) in [5.74, 6) is -0.838. The van der Waals surface area contributed by atoms with E-state index in [0.717, 1.165) is 12.0 Å². The number of para-hydroxylation sites is 1. The number of amides is 2. The summed E-state index contributed by atoms with van der Waals surface area (Å²) in [6, 6.07) is 11.9. The smallest absolute Gasteiger partial charge is 0.387 e. The van der Waals surface area contributed by atoms with Gasteiger partial charge in [0.2, 0.25) is 11.8 Å². The first-order valence-corrected chi connectivity index (χ1v) is 9.64. The first kappa shape index (κ1) is 22.5. The second-order valence-electron chi connectivity index (χ2n) is 6.15. The average Bonchev–Trinajstić information content (AvgIpc) is 2.67. The lowest BCUT2D eigenvalue weighted by molar-refractivity contribution is -0.129. The summed E-state index contributed by atoms with van der Waals surface area (Å²) in [6.45, 7) is -1.14. The summed E-state index contributed by atoms with van der Waals surface area (Å²) in [5.41, 5.74) is 2.01. The fourth-order valence-corrected chi connectivity index (χ4v) is 2.95. The van der Waals surface area contributed by atoms with E-state index in [2.05, 4.69) is 26.0 Å². The van der Waals surface area contributed by atoms with E-state index in [1.807, 2.05) is 25.1 Å². The van der Waals surface area contributed by atoms with Gasteiger partial charge in [0.15, 0.2) is 0 Å². The van der Waals surface area contributed by atoms with Crippen molar-refractivity contribution < 1.29 is 23.1 Å². The molecule has 8 heteroatoms. The van der Waals surface area contributed by atoms with Gasteiger partial charge in [-0.05, 0) is 42.3 Å². The molecule has 0 radical (unpaired) electrons. The van der Waals surface area contributed by atoms with Crippen LogP contribution in [0.15, 0.2) is 53.0 Å². The summed E-state index contributed by atoms with van der Waals surface area (Å²) in [7, 11) is 1.48. The Morgan fingerprint density at radius 3 is 2.66 bits per heavy atom. The van der Waals surface area contributed by atoms with Gasteiger partial charge in [-0.1, -0.05) is 41.1 Å². The maximum atomic E-state index is 12.5. The zero-order valence-electron chi connectivity index (χ0n) is 16.0. The van der Waals surface area contributed by atoms with Crippen LogP contribution in [-0.2, 0) is 16.0 Å². The summed E-state index contributed by atoms with van der Waals surface area (Å²) in [5, 5.41) is 2.79. The van der Waals surface area contributed by atoms with Crippen LogP contribution in [0.1, 0.15) is 18.1 Å². The van der Waals surface area contributed by atoms with Gasteiger partial charge >= 0.3 is 6.61 Å². The number of alkyl halides is 2. The molecule has 0 saturated carbocycles. The summed E-state index contributed by atoms with van der Waals surface area (Å²) in [6.07, 6.45) is 3.34. The number of carbonyl (C=O) groups excluding carboxylic acids is 2. The second-order valence-corrected chi connectivity index (χ2v) is 7.06. The molecule has 0 fully saturated rings. The van der Waals surface area contributed by atoms with Gasteiger partial charge in [-0.15, -0.1) is 0 Å². The molecule has 2 aromatic carbocycles. The zero-order valence-corrected chi connectivity index (χ0v) is 17.6. The Labute approximate surface area is 176 Å². The summed E-state index contributed by atoms with van der Waals surface area (Å²) < 4.78 is 30.2. The van der Waals surface area contributed by atoms with Gasteiger partial charge in [0.05, 0.1) is 6.54 Å². The van der Waals surface area contributed by atoms with E-state index < -0.39 is 12.5 Å². The number of halogens is 3. The van der Waals surface area contributed by atoms with Gasteiger partial charge in [-0.25, -0.2) is 0 Å². The molecule has 2 amide bonds. The number of aryl methyl sites for hydroxylation is 1. The minimum atomic E-state index is -2.98. The van der Waals surface area contributed by atoms with E-state index in [-0.39, 0.29) is 18.2 Å². The van der Waals surface area contributed by atoms with E-state index in [1.165, 1.54) is 30.2 Å². The van der Waals surface area contributed by atoms with Gasteiger partial charge in [-0.3, -0.25) is 9.59 Å². The molecule has 0 heterocycles. The second kappa shape index (κ2) is 10.7. The lowest BCUT2D eigenvalue weighted by Gasteiger charge is -2.16. The highest BCUT2D eigenvalue weighted by Gasteiger charge is 2.13. The number of likely N-dealkylation sites (N-methyl/N-ethyl adjacent to an activating group) is 1. The van der Waals surface area contributed by atoms with Gasteiger partial charge in [0, 0.05) is 28.8 Å². The minimum Gasteiger partial charge on any atom is -0.434 e. The first-order valence-electron chi connectivity index (χ1n) is 8.85. The molecule has 0 bridgehead atoms. The third kappa shape index (κ3) is 6.98. The van der Waals surface area contributed by atoms with Crippen LogP contribution in [0, 0.1) is 0 Å². The molecule has 0 spiro atoms. The molecule has 2 rings (SSSR count). The van der Waals surface area contributed by atoms with E-state index in [1.54, 1.807) is 18.2 Å². The number of benzene rings is 2. The van der Waals surface area contributed by atoms with E-state index in [0.29, 0.717) is 15.7 Å². The van der Waals surface area contributed by atoms with Crippen molar-refractivity contribution in [2.75, 3.05) is 18.9 Å². The van der Waals surface area contributed by atoms with Gasteiger partial charge in [0.1, 0.15) is 5.75 Å². The maximum Gasteiger partial charge on any atom is 0.387 e. The standard InChI is InChI=1S/C21H21BrF2N2O3/c1-3-14-6-4-5-7-17(14)25-19(27)13-26(2)20(28)11-8-15-12-16(22)9-10-18(15)29-21(23)24/h4-12,21H,3,13H2,1-2H3,(H,25,27)/b11-8+. The Bertz CT molecular complexity index is 903. The molecule has 5 nitrogen and oxygen atoms in total. The van der Waals surface area contributed by atoms with Crippen LogP contribution in [0.3, 0.4) is 0 Å². The normalized spacial score (nSPS) is 11.0. The van der Waals surface area contributed by atoms with Crippen molar-refractivity contribution in [3.63, 3.8) is 0 Å². The number of hydrogen-bond donors (Lipinski definition) is 1. The largest absolute Gasteiger partial charge is 0.434 e. The third-order valence-corrected chi connectivity index (χ3v) is 4.52. The summed E-state index contributed by atoms with van der Waals surface area (Å²) >= 11 is 3.25. The molecule has 0 unspecified atom stereocenters. The van der Waals surface area contributed by atoms with Crippen molar-refractivity contribution in [3.05, 3.63) is 64.1 Å². The fraction of sp³-hybridized carbons (Fsp3) is 0.238. The zero-order chi connectivity index (χ0) is 21.4. The van der Waals surface area contributed by atoms with Crippen LogP contribution in [0.5, 0.6) is 5.75 Å². The SMILES string of the molecule is CCc1ccccc1NC(=O)CN(C)C(=O)/C=C/c1cc(Br)ccc1OC(F)F. The minimum absolute atomic E-state index is 0.0520. The fourth-order valence-electron chi connectivity index (χ4n) is 2.57. The molecule has 2 aromatic rings. The van der Waals surface area contributed by atoms with Crippen molar-refractivity contribution in [1.29, 1.82) is 0 Å². The first-order chi connectivity index (χ1) is 13.8. The third-order valence-electron chi connectivity index (χ3n) is 4.02. The van der Waals surface area contributed by atoms with E-state index >= 15 is 0 Å². The lowest BCUT2D eigenvalue weighted by Crippen LogP contribution is -2.34. The molecule has 0 aromatic heterocycles. The molecule has 0 aliphatic carbocycles. The van der Waals surface area contributed by atoms with Crippen molar-refractivity contribution in [2.45, 2.75) is 20.0 Å². The van der Waals surface area contributed by atoms with Gasteiger partial charge in [-0.2, -0.15) is 8.78 Å². The Morgan fingerprint density at radius 2 is 1.97 bits per heavy atom. The Hall–Kier alpha value is -2.74. The van der Waals surface area contributed by atoms with Crippen LogP contribution < -0.4 is 10.1 Å². The number of hydrogen-bond acceptors (Lipinski definition) is 3. The number of rotatable bonds is 8. The van der Waals surface area contributed by atoms with E-state index in [4.69, 9.17) is 0 Å². The van der Waals surface area contributed by atoms with Crippen molar-refractivity contribution in [1.82, 2.24) is 4.90 Å². The lowest BCUT2D eigenvalue weighted by atomic mass is 10.1. The quantitative estimate of drug-likeness (QED) is 0.572. The number of anilines is 1. The monoisotopic (exact) mass is 466 g/mol. The predicted octanol–water partition coefficient (Wildman–Crippen LogP) is 4.72. The molecule has 29 heavy (non-hydrogen) atoms. The van der Waals surface area contributed by atoms with E-state index in [9.17, 15) is 18.4 Å². The van der Waals surface area contributed by atoms with Gasteiger partial charge < -0.3 is 15.0 Å². The Morgan fingerprint density at radius 1 is 1.24 bits per heavy atom. The number of nitrogens with zero attached hydrogens (tertiary/aromatic N) is 1. The highest BCUT2D eigenvalue weighted by Crippen LogP contribution is 2.26. The molecule has 0 aliphatic rings. The van der Waals surface area contributed by atoms with Crippen LogP contribution in [0.25, 0.3) is 6.08 Å². The van der Waals surface area contributed by atoms with Crippen LogP contribution in [-0.4, -0.2) is 36.9 Å². The molecular formula is C21H21BrF2N2O3. The molecule has 0 atom stereocenters. The predicted molar refractivity (Wildman–Crippen MR) is 112 cm³/mol. The number of ether oxygens (including phenoxy) is 1. The molecule has 1 N–H and O–H groups in total. The topological polar surface area (TPSA) is 58.6 Å². The molecular weight excluding hydrogens is 446 g/mol. The Balaban J connectivity index is 2.02. The molecule has 154 valence electrons. The summed E-state index contributed by atoms with van der Waals surface area (Å²) in [4.78, 5) is 25.8. The maximum absolute atomic E-state index is 12.5. The van der Waals surface area contributed by atoms with Crippen molar-refractivity contribution in [3.8, 4) is 5.75 Å². The highest BCUT2D eigenvalue weighted by molar-refractivity contribution is 9.10. The van der Waals surface area contributed by atoms with Crippen LogP contribution in [0.4, 0.5) is 14.5 Å². The van der Waals surface area contributed by atoms with Crippen LogP contribution >= 0.6 is 15.9 Å². The molecule has 0 aliphatic heterocycles. The van der Waals surface area contributed by atoms with Crippen LogP contribution in [0.2, 0.25) is 0 Å². The molecule has 0 saturated heterocycles. The van der Waals surface area contributed by atoms with Gasteiger partial charge in [0.25, 0.3) is 0 Å². The average molecular weight is 467 g/mol. The van der Waals surface area contributed by atoms with Crippen molar-refractivity contribution >= 4 is 39.5 Å². The Kier molecular flexibility index (Phi) is 8.33. The van der Waals surface area contributed by atoms with Crippen molar-refractivity contribution in [2.24, 2.45) is 0 Å².